The number of rotatable bonds is 3. The van der Waals surface area contributed by atoms with Crippen LogP contribution in [0.5, 0.6) is 0 Å². The summed E-state index contributed by atoms with van der Waals surface area (Å²) in [7, 11) is 0. The molecule has 4 heteroatoms. The summed E-state index contributed by atoms with van der Waals surface area (Å²) in [6.45, 7) is 1.32. The summed E-state index contributed by atoms with van der Waals surface area (Å²) < 4.78 is 3.51. The Hall–Kier alpha value is -2.17. The molecule has 2 aromatic carbocycles. The number of aromatic nitrogens is 2. The molecular formula is C17H15N3S. The fourth-order valence-corrected chi connectivity index (χ4v) is 3.70. The molecule has 2 aromatic heterocycles. The van der Waals surface area contributed by atoms with Crippen LogP contribution in [0.1, 0.15) is 10.7 Å². The van der Waals surface area contributed by atoms with Gasteiger partial charge in [-0.3, -0.25) is 0 Å². The number of benzene rings is 2. The molecule has 0 fully saturated rings. The zero-order chi connectivity index (χ0) is 14.2. The molecule has 0 aliphatic heterocycles. The summed E-state index contributed by atoms with van der Waals surface area (Å²) in [4.78, 5) is 4.73. The number of fused-ring (bicyclic) bond motifs is 2. The minimum absolute atomic E-state index is 0.541. The highest BCUT2D eigenvalue weighted by Gasteiger charge is 2.10. The fraction of sp³-hybridized carbons (Fsp3) is 0.118. The van der Waals surface area contributed by atoms with E-state index < -0.39 is 0 Å². The van der Waals surface area contributed by atoms with E-state index in [0.29, 0.717) is 6.54 Å². The zero-order valence-corrected chi connectivity index (χ0v) is 12.3. The Morgan fingerprint density at radius 1 is 1.05 bits per heavy atom. The van der Waals surface area contributed by atoms with Crippen molar-refractivity contribution >= 4 is 32.5 Å². The summed E-state index contributed by atoms with van der Waals surface area (Å²) in [5.74, 6) is 0. The van der Waals surface area contributed by atoms with Crippen LogP contribution >= 0.6 is 11.3 Å². The van der Waals surface area contributed by atoms with Crippen molar-refractivity contribution in [3.63, 3.8) is 0 Å². The molecular weight excluding hydrogens is 278 g/mol. The second kappa shape index (κ2) is 4.98. The van der Waals surface area contributed by atoms with E-state index in [9.17, 15) is 0 Å². The van der Waals surface area contributed by atoms with Gasteiger partial charge in [0.1, 0.15) is 5.01 Å². The van der Waals surface area contributed by atoms with E-state index in [0.717, 1.165) is 22.8 Å². The summed E-state index contributed by atoms with van der Waals surface area (Å²) in [6, 6.07) is 18.8. The molecule has 2 N–H and O–H groups in total. The zero-order valence-electron chi connectivity index (χ0n) is 11.5. The lowest BCUT2D eigenvalue weighted by molar-refractivity contribution is 0.764. The van der Waals surface area contributed by atoms with E-state index in [-0.39, 0.29) is 0 Å². The molecule has 2 heterocycles. The Morgan fingerprint density at radius 3 is 2.71 bits per heavy atom. The quantitative estimate of drug-likeness (QED) is 0.625. The van der Waals surface area contributed by atoms with E-state index in [1.54, 1.807) is 11.3 Å². The van der Waals surface area contributed by atoms with Crippen LogP contribution in [0.2, 0.25) is 0 Å². The first-order valence-corrected chi connectivity index (χ1v) is 7.78. The van der Waals surface area contributed by atoms with Gasteiger partial charge in [-0.1, -0.05) is 30.3 Å². The summed E-state index contributed by atoms with van der Waals surface area (Å²) in [5, 5.41) is 2.35. The second-order valence-corrected chi connectivity index (χ2v) is 6.18. The van der Waals surface area contributed by atoms with Gasteiger partial charge in [0.15, 0.2) is 0 Å². The summed E-state index contributed by atoms with van der Waals surface area (Å²) >= 11 is 1.75. The van der Waals surface area contributed by atoms with Crippen LogP contribution < -0.4 is 5.73 Å². The van der Waals surface area contributed by atoms with Crippen molar-refractivity contribution in [1.82, 2.24) is 9.55 Å². The third-order valence-electron chi connectivity index (χ3n) is 3.74. The summed E-state index contributed by atoms with van der Waals surface area (Å²) in [5.41, 5.74) is 9.35. The van der Waals surface area contributed by atoms with Gasteiger partial charge in [-0.25, -0.2) is 4.98 Å². The lowest BCUT2D eigenvalue weighted by Gasteiger charge is -2.07. The molecule has 0 amide bonds. The Bertz CT molecular complexity index is 887. The first-order chi connectivity index (χ1) is 10.3. The van der Waals surface area contributed by atoms with Gasteiger partial charge in [0.05, 0.1) is 16.8 Å². The maximum atomic E-state index is 5.91. The first-order valence-electron chi connectivity index (χ1n) is 6.97. The molecule has 0 radical (unpaired) electrons. The van der Waals surface area contributed by atoms with Crippen LogP contribution in [-0.4, -0.2) is 9.55 Å². The highest BCUT2D eigenvalue weighted by Crippen LogP contribution is 2.25. The minimum Gasteiger partial charge on any atom is -0.336 e. The Morgan fingerprint density at radius 2 is 1.86 bits per heavy atom. The minimum atomic E-state index is 0.541. The van der Waals surface area contributed by atoms with Crippen LogP contribution in [-0.2, 0) is 13.1 Å². The Labute approximate surface area is 126 Å². The van der Waals surface area contributed by atoms with Gasteiger partial charge in [0.25, 0.3) is 0 Å². The number of nitrogens with two attached hydrogens (primary N) is 1. The van der Waals surface area contributed by atoms with Crippen molar-refractivity contribution in [2.24, 2.45) is 5.73 Å². The molecule has 0 aliphatic rings. The number of thiazole rings is 1. The van der Waals surface area contributed by atoms with E-state index >= 15 is 0 Å². The van der Waals surface area contributed by atoms with Crippen molar-refractivity contribution in [3.8, 4) is 0 Å². The monoisotopic (exact) mass is 293 g/mol. The Balaban J connectivity index is 1.82. The van der Waals surface area contributed by atoms with E-state index in [2.05, 4.69) is 53.1 Å². The number of hydrogen-bond acceptors (Lipinski definition) is 3. The molecule has 0 bridgehead atoms. The highest BCUT2D eigenvalue weighted by molar-refractivity contribution is 7.18. The molecule has 0 unspecified atom stereocenters. The van der Waals surface area contributed by atoms with E-state index in [1.807, 2.05) is 6.07 Å². The predicted molar refractivity (Wildman–Crippen MR) is 88.6 cm³/mol. The standard InChI is InChI=1S/C17H15N3S/c18-10-13-9-12-5-1-3-7-15(12)20(13)11-17-19-14-6-2-4-8-16(14)21-17/h1-9H,10-11,18H2. The number of nitrogens with zero attached hydrogens (tertiary/aromatic N) is 2. The molecule has 21 heavy (non-hydrogen) atoms. The number of hydrogen-bond donors (Lipinski definition) is 1. The summed E-state index contributed by atoms with van der Waals surface area (Å²) in [6.07, 6.45) is 0. The first kappa shape index (κ1) is 12.6. The van der Waals surface area contributed by atoms with Crippen molar-refractivity contribution in [3.05, 3.63) is 65.3 Å². The number of para-hydroxylation sites is 2. The fourth-order valence-electron chi connectivity index (χ4n) is 2.75. The smallest absolute Gasteiger partial charge is 0.114 e. The normalized spacial score (nSPS) is 11.5. The van der Waals surface area contributed by atoms with E-state index in [1.165, 1.54) is 15.6 Å². The molecule has 0 saturated carbocycles. The lowest BCUT2D eigenvalue weighted by atomic mass is 10.2. The molecule has 0 aliphatic carbocycles. The molecule has 0 atom stereocenters. The van der Waals surface area contributed by atoms with Gasteiger partial charge >= 0.3 is 0 Å². The van der Waals surface area contributed by atoms with Crippen LogP contribution in [0, 0.1) is 0 Å². The van der Waals surface area contributed by atoms with Gasteiger partial charge in [-0.05, 0) is 29.7 Å². The Kier molecular flexibility index (Phi) is 2.98. The SMILES string of the molecule is NCc1cc2ccccc2n1Cc1nc2ccccc2s1. The van der Waals surface area contributed by atoms with Gasteiger partial charge in [-0.15, -0.1) is 11.3 Å². The van der Waals surface area contributed by atoms with Crippen LogP contribution in [0.25, 0.3) is 21.1 Å². The van der Waals surface area contributed by atoms with Crippen molar-refractivity contribution in [1.29, 1.82) is 0 Å². The molecule has 104 valence electrons. The third kappa shape index (κ3) is 2.13. The van der Waals surface area contributed by atoms with Crippen LogP contribution in [0.15, 0.2) is 54.6 Å². The lowest BCUT2D eigenvalue weighted by Crippen LogP contribution is -2.07. The predicted octanol–water partition coefficient (Wildman–Crippen LogP) is 3.76. The van der Waals surface area contributed by atoms with Gasteiger partial charge in [-0.2, -0.15) is 0 Å². The van der Waals surface area contributed by atoms with Gasteiger partial charge in [0, 0.05) is 17.8 Å². The van der Waals surface area contributed by atoms with E-state index in [4.69, 9.17) is 10.7 Å². The largest absolute Gasteiger partial charge is 0.336 e. The maximum absolute atomic E-state index is 5.91. The van der Waals surface area contributed by atoms with Crippen molar-refractivity contribution in [2.75, 3.05) is 0 Å². The maximum Gasteiger partial charge on any atom is 0.114 e. The topological polar surface area (TPSA) is 43.8 Å². The molecule has 4 aromatic rings. The average Bonchev–Trinajstić information content (AvgIpc) is 3.08. The van der Waals surface area contributed by atoms with Crippen LogP contribution in [0.4, 0.5) is 0 Å². The van der Waals surface area contributed by atoms with Crippen molar-refractivity contribution in [2.45, 2.75) is 13.1 Å². The van der Waals surface area contributed by atoms with Gasteiger partial charge in [0.2, 0.25) is 0 Å². The third-order valence-corrected chi connectivity index (χ3v) is 4.76. The molecule has 0 saturated heterocycles. The molecule has 3 nitrogen and oxygen atoms in total. The second-order valence-electron chi connectivity index (χ2n) is 5.06. The van der Waals surface area contributed by atoms with Crippen molar-refractivity contribution < 1.29 is 0 Å². The molecule has 0 spiro atoms. The van der Waals surface area contributed by atoms with Gasteiger partial charge < -0.3 is 10.3 Å². The highest BCUT2D eigenvalue weighted by atomic mass is 32.1. The van der Waals surface area contributed by atoms with Crippen LogP contribution in [0.3, 0.4) is 0 Å². The molecule has 4 rings (SSSR count). The average molecular weight is 293 g/mol.